The fraction of sp³-hybridized carbons (Fsp3) is 0.571. The highest BCUT2D eigenvalue weighted by Crippen LogP contribution is 2.43. The Labute approximate surface area is 112 Å². The van der Waals surface area contributed by atoms with E-state index in [1.54, 1.807) is 19.9 Å². The number of nitro groups is 1. The lowest BCUT2D eigenvalue weighted by Crippen LogP contribution is -2.56. The van der Waals surface area contributed by atoms with Crippen molar-refractivity contribution in [3.8, 4) is 5.75 Å². The molecule has 0 heterocycles. The second kappa shape index (κ2) is 4.49. The molecule has 0 radical (unpaired) electrons. The molecule has 5 nitrogen and oxygen atoms in total. The molecule has 0 aliphatic heterocycles. The zero-order valence-corrected chi connectivity index (χ0v) is 11.6. The van der Waals surface area contributed by atoms with Crippen LogP contribution in [0, 0.1) is 29.4 Å². The Bertz CT molecular complexity index is 524. The normalized spacial score (nSPS) is 24.7. The van der Waals surface area contributed by atoms with Crippen LogP contribution in [0.15, 0.2) is 12.1 Å². The Morgan fingerprint density at radius 2 is 2.00 bits per heavy atom. The van der Waals surface area contributed by atoms with Crippen LogP contribution in [0.1, 0.15) is 31.4 Å². The number of nitro benzene ring substituents is 1. The number of aryl methyl sites for hydroxylation is 2. The van der Waals surface area contributed by atoms with E-state index >= 15 is 0 Å². The van der Waals surface area contributed by atoms with Gasteiger partial charge in [0.15, 0.2) is 0 Å². The highest BCUT2D eigenvalue weighted by atomic mass is 16.6. The smallest absolute Gasteiger partial charge is 0.272 e. The van der Waals surface area contributed by atoms with Gasteiger partial charge in [0.05, 0.1) is 11.0 Å². The van der Waals surface area contributed by atoms with Crippen molar-refractivity contribution in [2.24, 2.45) is 5.41 Å². The molecule has 0 saturated heterocycles. The van der Waals surface area contributed by atoms with Crippen LogP contribution in [0.2, 0.25) is 0 Å². The van der Waals surface area contributed by atoms with Gasteiger partial charge in [-0.1, -0.05) is 13.8 Å². The van der Waals surface area contributed by atoms with Gasteiger partial charge >= 0.3 is 0 Å². The molecule has 0 amide bonds. The Kier molecular flexibility index (Phi) is 3.26. The summed E-state index contributed by atoms with van der Waals surface area (Å²) in [6.45, 7) is 7.41. The molecule has 1 aliphatic rings. The molecule has 104 valence electrons. The van der Waals surface area contributed by atoms with Gasteiger partial charge in [-0.25, -0.2) is 0 Å². The van der Waals surface area contributed by atoms with Gasteiger partial charge in [-0.15, -0.1) is 0 Å². The van der Waals surface area contributed by atoms with Crippen LogP contribution >= 0.6 is 0 Å². The largest absolute Gasteiger partial charge is 0.489 e. The van der Waals surface area contributed by atoms with Gasteiger partial charge in [-0.3, -0.25) is 10.1 Å². The lowest BCUT2D eigenvalue weighted by atomic mass is 9.66. The van der Waals surface area contributed by atoms with Crippen molar-refractivity contribution in [2.45, 2.75) is 46.3 Å². The van der Waals surface area contributed by atoms with E-state index in [1.807, 2.05) is 13.8 Å². The van der Waals surface area contributed by atoms with Gasteiger partial charge in [0.1, 0.15) is 11.9 Å². The van der Waals surface area contributed by atoms with Crippen LogP contribution in [0.25, 0.3) is 0 Å². The average molecular weight is 265 g/mol. The van der Waals surface area contributed by atoms with E-state index in [-0.39, 0.29) is 28.2 Å². The molecule has 0 bridgehead atoms. The van der Waals surface area contributed by atoms with Crippen LogP contribution in [-0.4, -0.2) is 22.2 Å². The molecule has 0 aromatic heterocycles. The van der Waals surface area contributed by atoms with Crippen molar-refractivity contribution in [1.82, 2.24) is 0 Å². The summed E-state index contributed by atoms with van der Waals surface area (Å²) >= 11 is 0. The summed E-state index contributed by atoms with van der Waals surface area (Å²) in [7, 11) is 0. The van der Waals surface area contributed by atoms with E-state index in [0.717, 1.165) is 5.56 Å². The number of nitrogens with zero attached hydrogens (tertiary/aromatic N) is 1. The first-order valence-electron chi connectivity index (χ1n) is 6.34. The third-order valence-electron chi connectivity index (χ3n) is 4.09. The number of rotatable bonds is 3. The van der Waals surface area contributed by atoms with Gasteiger partial charge in [0.25, 0.3) is 5.69 Å². The second-order valence-corrected chi connectivity index (χ2v) is 5.84. The molecule has 1 aromatic rings. The quantitative estimate of drug-likeness (QED) is 0.673. The summed E-state index contributed by atoms with van der Waals surface area (Å²) in [5, 5.41) is 20.5. The molecule has 2 unspecified atom stereocenters. The van der Waals surface area contributed by atoms with E-state index in [0.29, 0.717) is 17.7 Å². The SMILES string of the molecule is Cc1cc([N+](=O)[O-])c(C)cc1OC1CC(O)C1(C)C. The van der Waals surface area contributed by atoms with Crippen LogP contribution in [-0.2, 0) is 0 Å². The Hall–Kier alpha value is -1.62. The molecule has 5 heteroatoms. The molecule has 0 spiro atoms. The summed E-state index contributed by atoms with van der Waals surface area (Å²) in [6, 6.07) is 3.24. The predicted molar refractivity (Wildman–Crippen MR) is 71.4 cm³/mol. The maximum atomic E-state index is 10.9. The summed E-state index contributed by atoms with van der Waals surface area (Å²) in [4.78, 5) is 10.5. The topological polar surface area (TPSA) is 72.6 Å². The van der Waals surface area contributed by atoms with E-state index in [2.05, 4.69) is 0 Å². The van der Waals surface area contributed by atoms with Crippen LogP contribution < -0.4 is 4.74 Å². The van der Waals surface area contributed by atoms with E-state index in [9.17, 15) is 15.2 Å². The molecule has 2 rings (SSSR count). The number of benzene rings is 1. The first-order chi connectivity index (χ1) is 8.73. The van der Waals surface area contributed by atoms with Gasteiger partial charge in [-0.05, 0) is 25.5 Å². The highest BCUT2D eigenvalue weighted by molar-refractivity contribution is 5.49. The zero-order chi connectivity index (χ0) is 14.4. The summed E-state index contributed by atoms with van der Waals surface area (Å²) < 4.78 is 5.90. The lowest BCUT2D eigenvalue weighted by Gasteiger charge is -2.48. The average Bonchev–Trinajstić information content (AvgIpc) is 2.32. The fourth-order valence-electron chi connectivity index (χ4n) is 2.32. The fourth-order valence-corrected chi connectivity index (χ4v) is 2.32. The predicted octanol–water partition coefficient (Wildman–Crippen LogP) is 2.75. The van der Waals surface area contributed by atoms with Crippen molar-refractivity contribution in [3.63, 3.8) is 0 Å². The summed E-state index contributed by atoms with van der Waals surface area (Å²) in [5.74, 6) is 0.660. The Morgan fingerprint density at radius 1 is 1.37 bits per heavy atom. The van der Waals surface area contributed by atoms with Crippen molar-refractivity contribution in [2.75, 3.05) is 0 Å². The molecule has 19 heavy (non-hydrogen) atoms. The van der Waals surface area contributed by atoms with Crippen molar-refractivity contribution in [1.29, 1.82) is 0 Å². The molecule has 2 atom stereocenters. The Balaban J connectivity index is 2.23. The molecule has 1 fully saturated rings. The Morgan fingerprint density at radius 3 is 2.47 bits per heavy atom. The standard InChI is InChI=1S/C14H19NO4/c1-8-6-11(9(2)5-10(8)15(17)18)19-13-7-12(16)14(13,3)4/h5-6,12-13,16H,7H2,1-4H3. The first-order valence-corrected chi connectivity index (χ1v) is 6.34. The van der Waals surface area contributed by atoms with Crippen molar-refractivity contribution in [3.05, 3.63) is 33.4 Å². The number of aliphatic hydroxyl groups is 1. The minimum absolute atomic E-state index is 0.0537. The third-order valence-corrected chi connectivity index (χ3v) is 4.09. The maximum Gasteiger partial charge on any atom is 0.272 e. The number of hydrogen-bond acceptors (Lipinski definition) is 4. The second-order valence-electron chi connectivity index (χ2n) is 5.84. The summed E-state index contributed by atoms with van der Waals surface area (Å²) in [5.41, 5.74) is 1.16. The van der Waals surface area contributed by atoms with Gasteiger partial charge in [0, 0.05) is 23.5 Å². The van der Waals surface area contributed by atoms with Crippen molar-refractivity contribution >= 4 is 5.69 Å². The number of aliphatic hydroxyl groups excluding tert-OH is 1. The molecule has 1 N–H and O–H groups in total. The van der Waals surface area contributed by atoms with E-state index in [4.69, 9.17) is 4.74 Å². The summed E-state index contributed by atoms with van der Waals surface area (Å²) in [6.07, 6.45) is 0.196. The van der Waals surface area contributed by atoms with Crippen LogP contribution in [0.5, 0.6) is 5.75 Å². The van der Waals surface area contributed by atoms with Crippen LogP contribution in [0.3, 0.4) is 0 Å². The minimum atomic E-state index is -0.386. The van der Waals surface area contributed by atoms with Crippen molar-refractivity contribution < 1.29 is 14.8 Å². The number of hydrogen-bond donors (Lipinski definition) is 1. The third kappa shape index (κ3) is 2.30. The minimum Gasteiger partial charge on any atom is -0.489 e. The monoisotopic (exact) mass is 265 g/mol. The lowest BCUT2D eigenvalue weighted by molar-refractivity contribution is -0.385. The van der Waals surface area contributed by atoms with E-state index in [1.165, 1.54) is 6.07 Å². The zero-order valence-electron chi connectivity index (χ0n) is 11.6. The molecular weight excluding hydrogens is 246 g/mol. The number of ether oxygens (including phenoxy) is 1. The maximum absolute atomic E-state index is 10.9. The first kappa shape index (κ1) is 13.8. The van der Waals surface area contributed by atoms with E-state index < -0.39 is 0 Å². The highest BCUT2D eigenvalue weighted by Gasteiger charge is 2.49. The molecule has 1 aliphatic carbocycles. The van der Waals surface area contributed by atoms with Crippen LogP contribution in [0.4, 0.5) is 5.69 Å². The van der Waals surface area contributed by atoms with Gasteiger partial charge in [0.2, 0.25) is 0 Å². The molecular formula is C14H19NO4. The van der Waals surface area contributed by atoms with Gasteiger partial charge < -0.3 is 9.84 Å². The van der Waals surface area contributed by atoms with Gasteiger partial charge in [-0.2, -0.15) is 0 Å². The molecule has 1 saturated carbocycles. The molecule has 1 aromatic carbocycles.